The molecule has 0 saturated heterocycles. The van der Waals surface area contributed by atoms with Crippen LogP contribution in [0.4, 0.5) is 0 Å². The van der Waals surface area contributed by atoms with E-state index in [1.165, 1.54) is 32.1 Å². The van der Waals surface area contributed by atoms with Gasteiger partial charge in [0.1, 0.15) is 0 Å². The summed E-state index contributed by atoms with van der Waals surface area (Å²) in [5.41, 5.74) is 1.78. The summed E-state index contributed by atoms with van der Waals surface area (Å²) in [6.07, 6.45) is 7.33. The van der Waals surface area contributed by atoms with Gasteiger partial charge in [-0.3, -0.25) is 0 Å². The molecule has 0 aliphatic heterocycles. The van der Waals surface area contributed by atoms with Gasteiger partial charge in [-0.05, 0) is 42.4 Å². The first-order valence-corrected chi connectivity index (χ1v) is 7.50. The van der Waals surface area contributed by atoms with Crippen LogP contribution >= 0.6 is 0 Å². The van der Waals surface area contributed by atoms with E-state index in [0.29, 0.717) is 16.4 Å². The lowest BCUT2D eigenvalue weighted by atomic mass is 9.45. The summed E-state index contributed by atoms with van der Waals surface area (Å²) in [5.74, 6) is 2.63. The molecule has 0 radical (unpaired) electrons. The van der Waals surface area contributed by atoms with Crippen LogP contribution in [0.15, 0.2) is 0 Å². The Labute approximate surface area is 107 Å². The van der Waals surface area contributed by atoms with E-state index in [1.54, 1.807) is 0 Å². The van der Waals surface area contributed by atoms with Crippen molar-refractivity contribution in [2.24, 2.45) is 28.6 Å². The second-order valence-corrected chi connectivity index (χ2v) is 8.14. The monoisotopic (exact) mass is 235 g/mol. The van der Waals surface area contributed by atoms with Crippen LogP contribution in [0.25, 0.3) is 0 Å². The molecule has 2 N–H and O–H groups in total. The highest BCUT2D eigenvalue weighted by atomic mass is 15.0. The molecule has 98 valence electrons. The molecule has 3 atom stereocenters. The Hall–Kier alpha value is -0.0400. The highest BCUT2D eigenvalue weighted by molar-refractivity contribution is 5.16. The predicted octanol–water partition coefficient (Wildman–Crippen LogP) is 2.97. The Morgan fingerprint density at radius 1 is 1.06 bits per heavy atom. The number of quaternary nitrogens is 1. The van der Waals surface area contributed by atoms with E-state index >= 15 is 0 Å². The van der Waals surface area contributed by atoms with E-state index in [1.807, 2.05) is 0 Å². The molecular weight excluding hydrogens is 206 g/mol. The summed E-state index contributed by atoms with van der Waals surface area (Å²) in [7, 11) is 4.21. The van der Waals surface area contributed by atoms with Crippen molar-refractivity contribution in [3.05, 3.63) is 7.05 Å². The zero-order valence-corrected chi connectivity index (χ0v) is 12.1. The number of hydrogen-bond acceptors (Lipinski definition) is 0. The highest BCUT2D eigenvalue weighted by Crippen LogP contribution is 2.71. The summed E-state index contributed by atoms with van der Waals surface area (Å²) in [6.45, 7) is 9.97. The maximum absolute atomic E-state index is 4.21. The first kappa shape index (κ1) is 12.0. The number of nitrogens with two attached hydrogens (primary N) is 1. The summed E-state index contributed by atoms with van der Waals surface area (Å²) in [4.78, 5) is 0. The molecule has 3 unspecified atom stereocenters. The van der Waals surface area contributed by atoms with Gasteiger partial charge in [-0.25, -0.2) is 0 Å². The van der Waals surface area contributed by atoms with Crippen molar-refractivity contribution in [3.8, 4) is 0 Å². The molecule has 17 heavy (non-hydrogen) atoms. The van der Waals surface area contributed by atoms with Crippen molar-refractivity contribution in [1.29, 1.82) is 0 Å². The summed E-state index contributed by atoms with van der Waals surface area (Å²) >= 11 is 0. The van der Waals surface area contributed by atoms with Gasteiger partial charge < -0.3 is 5.32 Å². The van der Waals surface area contributed by atoms with E-state index in [2.05, 4.69) is 40.1 Å². The van der Waals surface area contributed by atoms with Gasteiger partial charge in [0.15, 0.2) is 0 Å². The minimum Gasteiger partial charge on any atom is -0.473 e. The van der Waals surface area contributed by atoms with Crippen LogP contribution in [0.5, 0.6) is 0 Å². The third-order valence-corrected chi connectivity index (χ3v) is 7.15. The lowest BCUT2D eigenvalue weighted by molar-refractivity contribution is -0.703. The number of hydrogen-bond donors (Lipinski definition) is 1. The van der Waals surface area contributed by atoms with Crippen molar-refractivity contribution >= 4 is 0 Å². The van der Waals surface area contributed by atoms with E-state index < -0.39 is 0 Å². The van der Waals surface area contributed by atoms with Gasteiger partial charge in [0.05, 0.1) is 5.54 Å². The van der Waals surface area contributed by atoms with Crippen molar-refractivity contribution in [2.75, 3.05) is 0 Å². The maximum atomic E-state index is 4.21. The molecule has 0 spiro atoms. The second-order valence-electron chi connectivity index (χ2n) is 8.14. The van der Waals surface area contributed by atoms with Gasteiger partial charge in [-0.2, -0.15) is 7.05 Å². The molecule has 4 bridgehead atoms. The minimum atomic E-state index is 0.452. The Morgan fingerprint density at radius 3 is 1.94 bits per heavy atom. The van der Waals surface area contributed by atoms with Crippen LogP contribution in [0.2, 0.25) is 0 Å². The molecule has 1 heteroatoms. The van der Waals surface area contributed by atoms with Crippen molar-refractivity contribution in [3.63, 3.8) is 0 Å². The lowest BCUT2D eigenvalue weighted by Crippen LogP contribution is -2.97. The van der Waals surface area contributed by atoms with Gasteiger partial charge in [-0.15, -0.1) is 0 Å². The Bertz CT molecular complexity index is 316. The summed E-state index contributed by atoms with van der Waals surface area (Å²) < 4.78 is 0. The molecule has 0 aromatic rings. The predicted molar refractivity (Wildman–Crippen MR) is 71.1 cm³/mol. The topological polar surface area (TPSA) is 16.6 Å². The van der Waals surface area contributed by atoms with Gasteiger partial charge in [0.2, 0.25) is 0 Å². The molecule has 4 rings (SSSR count). The fourth-order valence-corrected chi connectivity index (χ4v) is 6.03. The van der Waals surface area contributed by atoms with Crippen molar-refractivity contribution in [2.45, 2.75) is 65.3 Å². The molecule has 4 aliphatic carbocycles. The third-order valence-electron chi connectivity index (χ3n) is 7.15. The molecular formula is C16H29N. The van der Waals surface area contributed by atoms with E-state index in [-0.39, 0.29) is 0 Å². The fourth-order valence-electron chi connectivity index (χ4n) is 6.03. The fraction of sp³-hybridized carbons (Fsp3) is 0.938. The molecule has 0 amide bonds. The first-order valence-electron chi connectivity index (χ1n) is 7.50. The molecule has 0 aromatic heterocycles. The SMILES string of the molecule is [CH2-][NH2+]C1(C(C)C)CC2C3(C)CCC2(C)CC1C3. The zero-order chi connectivity index (χ0) is 12.5. The van der Waals surface area contributed by atoms with Crippen LogP contribution in [-0.2, 0) is 0 Å². The van der Waals surface area contributed by atoms with Crippen LogP contribution in [-0.4, -0.2) is 5.54 Å². The van der Waals surface area contributed by atoms with Gasteiger partial charge in [0, 0.05) is 18.3 Å². The van der Waals surface area contributed by atoms with Crippen molar-refractivity contribution < 1.29 is 5.32 Å². The second kappa shape index (κ2) is 3.29. The van der Waals surface area contributed by atoms with E-state index in [9.17, 15) is 0 Å². The lowest BCUT2D eigenvalue weighted by Gasteiger charge is -2.62. The molecule has 4 saturated carbocycles. The van der Waals surface area contributed by atoms with Crippen LogP contribution in [0.1, 0.15) is 59.8 Å². The largest absolute Gasteiger partial charge is 0.473 e. The zero-order valence-electron chi connectivity index (χ0n) is 12.1. The smallest absolute Gasteiger partial charge is 0.0778 e. The number of rotatable bonds is 2. The van der Waals surface area contributed by atoms with Crippen LogP contribution in [0, 0.1) is 35.6 Å². The average Bonchev–Trinajstić information content (AvgIpc) is 2.42. The molecule has 1 nitrogen and oxygen atoms in total. The molecule has 4 aliphatic rings. The normalized spacial score (nSPS) is 56.8. The Kier molecular flexibility index (Phi) is 2.32. The number of fused-ring (bicyclic) bond motifs is 1. The molecule has 4 fully saturated rings. The Morgan fingerprint density at radius 2 is 1.59 bits per heavy atom. The van der Waals surface area contributed by atoms with Crippen LogP contribution in [0.3, 0.4) is 0 Å². The average molecular weight is 235 g/mol. The van der Waals surface area contributed by atoms with Crippen molar-refractivity contribution in [1.82, 2.24) is 0 Å². The summed E-state index contributed by atoms with van der Waals surface area (Å²) in [5, 5.41) is 2.33. The van der Waals surface area contributed by atoms with Gasteiger partial charge >= 0.3 is 0 Å². The Balaban J connectivity index is 2.00. The summed E-state index contributed by atoms with van der Waals surface area (Å²) in [6, 6.07) is 0. The highest BCUT2D eigenvalue weighted by Gasteiger charge is 2.67. The maximum Gasteiger partial charge on any atom is 0.0778 e. The first-order chi connectivity index (χ1) is 7.86. The quantitative estimate of drug-likeness (QED) is 0.709. The standard InChI is InChI=1S/C16H29N/c1-11(2)16(17-5)10-13-14(3)6-7-15(13,4)9-12(16)8-14/h11-13H,5-10,17H2,1-4H3. The van der Waals surface area contributed by atoms with Crippen LogP contribution < -0.4 is 5.32 Å². The molecule has 0 heterocycles. The minimum absolute atomic E-state index is 0.452. The van der Waals surface area contributed by atoms with E-state index in [4.69, 9.17) is 0 Å². The van der Waals surface area contributed by atoms with E-state index in [0.717, 1.165) is 17.8 Å². The third kappa shape index (κ3) is 1.30. The molecule has 0 aromatic carbocycles. The van der Waals surface area contributed by atoms with Gasteiger partial charge in [-0.1, -0.05) is 27.7 Å². The van der Waals surface area contributed by atoms with Gasteiger partial charge in [0.25, 0.3) is 0 Å².